The van der Waals surface area contributed by atoms with Gasteiger partial charge in [-0.1, -0.05) is 34.6 Å². The standard InChI is InChI=1S/C19H37NO5Si/c1-17(2,3)24-16(22)20-12-13(25-26(10,11)18(4,5)6)19(7,8)14(20)15(21)23-9/h13-14H,12H2,1-11H3/t13-,14-/m1/s1. The molecule has 6 nitrogen and oxygen atoms in total. The number of likely N-dealkylation sites (tertiary alicyclic amines) is 1. The molecule has 1 fully saturated rings. The Balaban J connectivity index is 3.21. The van der Waals surface area contributed by atoms with E-state index in [2.05, 4.69) is 33.9 Å². The van der Waals surface area contributed by atoms with Gasteiger partial charge in [-0.3, -0.25) is 4.90 Å². The van der Waals surface area contributed by atoms with Crippen molar-refractivity contribution in [2.24, 2.45) is 5.41 Å². The molecule has 0 aromatic carbocycles. The van der Waals surface area contributed by atoms with Crippen LogP contribution in [0.5, 0.6) is 0 Å². The van der Waals surface area contributed by atoms with Crippen molar-refractivity contribution in [2.45, 2.75) is 91.3 Å². The lowest BCUT2D eigenvalue weighted by molar-refractivity contribution is -0.149. The molecule has 1 aliphatic rings. The fraction of sp³-hybridized carbons (Fsp3) is 0.895. The van der Waals surface area contributed by atoms with Crippen LogP contribution in [0.1, 0.15) is 55.4 Å². The molecule has 7 heteroatoms. The lowest BCUT2D eigenvalue weighted by Crippen LogP contribution is -2.50. The molecule has 26 heavy (non-hydrogen) atoms. The van der Waals surface area contributed by atoms with Crippen LogP contribution in [0.4, 0.5) is 4.79 Å². The molecule has 152 valence electrons. The molecule has 0 saturated carbocycles. The number of hydrogen-bond donors (Lipinski definition) is 0. The van der Waals surface area contributed by atoms with Crippen LogP contribution in [0, 0.1) is 5.41 Å². The van der Waals surface area contributed by atoms with Crippen LogP contribution >= 0.6 is 0 Å². The Morgan fingerprint density at radius 3 is 1.96 bits per heavy atom. The Hall–Kier alpha value is -1.08. The third kappa shape index (κ3) is 4.79. The summed E-state index contributed by atoms with van der Waals surface area (Å²) in [4.78, 5) is 26.7. The first-order valence-electron chi connectivity index (χ1n) is 9.19. The molecule has 0 unspecified atom stereocenters. The number of methoxy groups -OCH3 is 1. The molecule has 0 N–H and O–H groups in total. The van der Waals surface area contributed by atoms with Crippen LogP contribution in [0.2, 0.25) is 18.1 Å². The van der Waals surface area contributed by atoms with Gasteiger partial charge in [0.05, 0.1) is 19.8 Å². The number of carbonyl (C=O) groups is 2. The summed E-state index contributed by atoms with van der Waals surface area (Å²) < 4.78 is 17.1. The van der Waals surface area contributed by atoms with Gasteiger partial charge in [-0.05, 0) is 38.9 Å². The fourth-order valence-corrected chi connectivity index (χ4v) is 4.30. The Labute approximate surface area is 159 Å². The summed E-state index contributed by atoms with van der Waals surface area (Å²) in [5.74, 6) is -0.442. The SMILES string of the molecule is COC(=O)[C@H]1N(C(=O)OC(C)(C)C)C[C@@H](O[Si](C)(C)C(C)(C)C)C1(C)C. The van der Waals surface area contributed by atoms with Gasteiger partial charge in [-0.15, -0.1) is 0 Å². The Bertz CT molecular complexity index is 545. The molecule has 0 aromatic heterocycles. The number of rotatable bonds is 3. The van der Waals surface area contributed by atoms with E-state index in [1.54, 1.807) is 0 Å². The highest BCUT2D eigenvalue weighted by Crippen LogP contribution is 2.45. The maximum atomic E-state index is 12.7. The molecule has 0 radical (unpaired) electrons. The minimum atomic E-state index is -2.08. The quantitative estimate of drug-likeness (QED) is 0.536. The first-order valence-corrected chi connectivity index (χ1v) is 12.1. The minimum absolute atomic E-state index is 0.0309. The van der Waals surface area contributed by atoms with Gasteiger partial charge in [0, 0.05) is 5.41 Å². The summed E-state index contributed by atoms with van der Waals surface area (Å²) in [6, 6.07) is -0.739. The van der Waals surface area contributed by atoms with E-state index in [9.17, 15) is 9.59 Å². The highest BCUT2D eigenvalue weighted by atomic mass is 28.4. The Morgan fingerprint density at radius 2 is 1.58 bits per heavy atom. The van der Waals surface area contributed by atoms with Crippen molar-refractivity contribution < 1.29 is 23.5 Å². The molecule has 0 bridgehead atoms. The summed E-state index contributed by atoms with van der Waals surface area (Å²) in [5, 5.41) is 0.0309. The van der Waals surface area contributed by atoms with Crippen molar-refractivity contribution in [3.8, 4) is 0 Å². The number of esters is 1. The molecule has 0 aromatic rings. The van der Waals surface area contributed by atoms with Gasteiger partial charge >= 0.3 is 12.1 Å². The smallest absolute Gasteiger partial charge is 0.411 e. The van der Waals surface area contributed by atoms with Crippen molar-refractivity contribution >= 4 is 20.4 Å². The largest absolute Gasteiger partial charge is 0.467 e. The molecule has 1 rings (SSSR count). The van der Waals surface area contributed by atoms with Crippen molar-refractivity contribution in [2.75, 3.05) is 13.7 Å². The molecule has 1 saturated heterocycles. The van der Waals surface area contributed by atoms with Crippen molar-refractivity contribution in [1.29, 1.82) is 0 Å². The normalized spacial score (nSPS) is 23.7. The number of amides is 1. The molecule has 2 atom stereocenters. The summed E-state index contributed by atoms with van der Waals surface area (Å²) in [7, 11) is -0.734. The molecular weight excluding hydrogens is 350 g/mol. The first-order chi connectivity index (χ1) is 11.4. The zero-order valence-corrected chi connectivity index (χ0v) is 19.4. The average molecular weight is 388 g/mol. The Kier molecular flexibility index (Phi) is 6.31. The summed E-state index contributed by atoms with van der Waals surface area (Å²) in [6.45, 7) is 20.5. The predicted molar refractivity (Wildman–Crippen MR) is 105 cm³/mol. The van der Waals surface area contributed by atoms with Crippen LogP contribution in [-0.4, -0.2) is 56.7 Å². The molecule has 0 spiro atoms. The fourth-order valence-electron chi connectivity index (χ4n) is 2.86. The van der Waals surface area contributed by atoms with E-state index < -0.39 is 37.4 Å². The molecule has 1 aliphatic heterocycles. The molecule has 1 amide bonds. The molecular formula is C19H37NO5Si. The number of ether oxygens (including phenoxy) is 2. The van der Waals surface area contributed by atoms with Crippen molar-refractivity contribution in [3.05, 3.63) is 0 Å². The monoisotopic (exact) mass is 387 g/mol. The number of nitrogens with zero attached hydrogens (tertiary/aromatic N) is 1. The van der Waals surface area contributed by atoms with Gasteiger partial charge in [0.1, 0.15) is 11.6 Å². The van der Waals surface area contributed by atoms with Crippen LogP contribution in [0.15, 0.2) is 0 Å². The summed E-state index contributed by atoms with van der Waals surface area (Å²) in [5.41, 5.74) is -1.22. The lowest BCUT2D eigenvalue weighted by atomic mass is 9.82. The van der Waals surface area contributed by atoms with Crippen LogP contribution in [-0.2, 0) is 18.7 Å². The topological polar surface area (TPSA) is 65.1 Å². The van der Waals surface area contributed by atoms with E-state index in [-0.39, 0.29) is 11.1 Å². The van der Waals surface area contributed by atoms with Gasteiger partial charge in [-0.2, -0.15) is 0 Å². The predicted octanol–water partition coefficient (Wildman–Crippen LogP) is 4.20. The van der Waals surface area contributed by atoms with Gasteiger partial charge in [-0.25, -0.2) is 9.59 Å². The van der Waals surface area contributed by atoms with Gasteiger partial charge in [0.2, 0.25) is 0 Å². The van der Waals surface area contributed by atoms with Crippen LogP contribution < -0.4 is 0 Å². The van der Waals surface area contributed by atoms with E-state index in [0.29, 0.717) is 6.54 Å². The van der Waals surface area contributed by atoms with E-state index in [1.165, 1.54) is 12.0 Å². The molecule has 0 aliphatic carbocycles. The highest BCUT2D eigenvalue weighted by Gasteiger charge is 2.57. The van der Waals surface area contributed by atoms with E-state index >= 15 is 0 Å². The third-order valence-electron chi connectivity index (χ3n) is 5.50. The van der Waals surface area contributed by atoms with Gasteiger partial charge in [0.15, 0.2) is 8.32 Å². The average Bonchev–Trinajstić information content (AvgIpc) is 2.66. The van der Waals surface area contributed by atoms with Crippen LogP contribution in [0.3, 0.4) is 0 Å². The second-order valence-electron chi connectivity index (χ2n) is 10.2. The second kappa shape index (κ2) is 7.15. The molecule has 1 heterocycles. The number of hydrogen-bond acceptors (Lipinski definition) is 5. The first kappa shape index (κ1) is 23.0. The Morgan fingerprint density at radius 1 is 1.08 bits per heavy atom. The third-order valence-corrected chi connectivity index (χ3v) is 9.99. The van der Waals surface area contributed by atoms with Crippen molar-refractivity contribution in [3.63, 3.8) is 0 Å². The van der Waals surface area contributed by atoms with Gasteiger partial charge in [0.25, 0.3) is 0 Å². The van der Waals surface area contributed by atoms with Gasteiger partial charge < -0.3 is 13.9 Å². The van der Waals surface area contributed by atoms with E-state index in [1.807, 2.05) is 34.6 Å². The van der Waals surface area contributed by atoms with Crippen molar-refractivity contribution in [1.82, 2.24) is 4.90 Å². The number of carbonyl (C=O) groups excluding carboxylic acids is 2. The maximum absolute atomic E-state index is 12.7. The zero-order valence-electron chi connectivity index (χ0n) is 18.4. The van der Waals surface area contributed by atoms with E-state index in [0.717, 1.165) is 0 Å². The lowest BCUT2D eigenvalue weighted by Gasteiger charge is -2.41. The van der Waals surface area contributed by atoms with Crippen LogP contribution in [0.25, 0.3) is 0 Å². The maximum Gasteiger partial charge on any atom is 0.411 e. The second-order valence-corrected chi connectivity index (χ2v) is 15.0. The van der Waals surface area contributed by atoms with E-state index in [4.69, 9.17) is 13.9 Å². The highest BCUT2D eigenvalue weighted by molar-refractivity contribution is 6.74. The zero-order chi connectivity index (χ0) is 20.7. The summed E-state index contributed by atoms with van der Waals surface area (Å²) in [6.07, 6.45) is -0.776. The minimum Gasteiger partial charge on any atom is -0.467 e. The summed E-state index contributed by atoms with van der Waals surface area (Å²) >= 11 is 0.